The van der Waals surface area contributed by atoms with Crippen LogP contribution in [-0.2, 0) is 5.41 Å². The highest BCUT2D eigenvalue weighted by atomic mass is 16.5. The van der Waals surface area contributed by atoms with E-state index < -0.39 is 0 Å². The van der Waals surface area contributed by atoms with Gasteiger partial charge in [-0.1, -0.05) is 38.1 Å². The third-order valence-electron chi connectivity index (χ3n) is 3.95. The van der Waals surface area contributed by atoms with Gasteiger partial charge in [-0.15, -0.1) is 0 Å². The summed E-state index contributed by atoms with van der Waals surface area (Å²) in [4.78, 5) is 12.6. The van der Waals surface area contributed by atoms with Crippen molar-refractivity contribution in [3.63, 3.8) is 0 Å². The molecule has 1 aliphatic heterocycles. The SMILES string of the molecule is Cc1ccccc1C(=O)c1ccc2c(c1)C(C)(C)CO2. The van der Waals surface area contributed by atoms with Gasteiger partial charge in [-0.3, -0.25) is 4.79 Å². The van der Waals surface area contributed by atoms with E-state index in [1.807, 2.05) is 49.4 Å². The maximum Gasteiger partial charge on any atom is 0.193 e. The van der Waals surface area contributed by atoms with Gasteiger partial charge in [0.1, 0.15) is 5.75 Å². The van der Waals surface area contributed by atoms with Gasteiger partial charge in [-0.05, 0) is 30.7 Å². The molecule has 0 saturated carbocycles. The van der Waals surface area contributed by atoms with Crippen LogP contribution in [0.1, 0.15) is 40.9 Å². The van der Waals surface area contributed by atoms with E-state index in [0.717, 1.165) is 28.0 Å². The van der Waals surface area contributed by atoms with Gasteiger partial charge in [0.25, 0.3) is 0 Å². The molecule has 0 amide bonds. The fourth-order valence-corrected chi connectivity index (χ4v) is 2.65. The van der Waals surface area contributed by atoms with E-state index >= 15 is 0 Å². The summed E-state index contributed by atoms with van der Waals surface area (Å²) in [5, 5.41) is 0. The number of rotatable bonds is 2. The zero-order valence-corrected chi connectivity index (χ0v) is 12.1. The fourth-order valence-electron chi connectivity index (χ4n) is 2.65. The molecular weight excluding hydrogens is 248 g/mol. The minimum atomic E-state index is -0.0304. The molecule has 102 valence electrons. The molecule has 2 heteroatoms. The molecule has 0 unspecified atom stereocenters. The molecule has 1 aliphatic rings. The Morgan fingerprint density at radius 1 is 1.15 bits per heavy atom. The standard InChI is InChI=1S/C18H18O2/c1-12-6-4-5-7-14(12)17(19)13-8-9-16-15(10-13)18(2,3)11-20-16/h4-10H,11H2,1-3H3. The number of hydrogen-bond donors (Lipinski definition) is 0. The second-order valence-corrected chi connectivity index (χ2v) is 6.03. The highest BCUT2D eigenvalue weighted by molar-refractivity contribution is 6.10. The highest BCUT2D eigenvalue weighted by Crippen LogP contribution is 2.39. The van der Waals surface area contributed by atoms with Crippen LogP contribution in [0.4, 0.5) is 0 Å². The van der Waals surface area contributed by atoms with Crippen LogP contribution < -0.4 is 4.74 Å². The van der Waals surface area contributed by atoms with Crippen LogP contribution in [0, 0.1) is 6.92 Å². The molecule has 0 atom stereocenters. The Balaban J connectivity index is 2.05. The molecule has 20 heavy (non-hydrogen) atoms. The third-order valence-corrected chi connectivity index (χ3v) is 3.95. The minimum absolute atomic E-state index is 0.0304. The van der Waals surface area contributed by atoms with Crippen LogP contribution in [-0.4, -0.2) is 12.4 Å². The molecule has 0 spiro atoms. The molecule has 0 bridgehead atoms. The topological polar surface area (TPSA) is 26.3 Å². The second kappa shape index (κ2) is 4.48. The first kappa shape index (κ1) is 12.9. The van der Waals surface area contributed by atoms with E-state index in [1.54, 1.807) is 0 Å². The van der Waals surface area contributed by atoms with Crippen LogP contribution >= 0.6 is 0 Å². The second-order valence-electron chi connectivity index (χ2n) is 6.03. The summed E-state index contributed by atoms with van der Waals surface area (Å²) in [7, 11) is 0. The molecular formula is C18H18O2. The van der Waals surface area contributed by atoms with Crippen LogP contribution in [0.3, 0.4) is 0 Å². The summed E-state index contributed by atoms with van der Waals surface area (Å²) in [5.41, 5.74) is 3.60. The first-order valence-corrected chi connectivity index (χ1v) is 6.87. The monoisotopic (exact) mass is 266 g/mol. The molecule has 0 fully saturated rings. The normalized spacial score (nSPS) is 15.6. The van der Waals surface area contributed by atoms with Gasteiger partial charge >= 0.3 is 0 Å². The first-order chi connectivity index (χ1) is 9.49. The summed E-state index contributed by atoms with van der Waals surface area (Å²) < 4.78 is 5.67. The van der Waals surface area contributed by atoms with Crippen molar-refractivity contribution in [2.45, 2.75) is 26.2 Å². The largest absolute Gasteiger partial charge is 0.492 e. The molecule has 0 saturated heterocycles. The van der Waals surface area contributed by atoms with Crippen molar-refractivity contribution in [1.29, 1.82) is 0 Å². The number of aryl methyl sites for hydroxylation is 1. The van der Waals surface area contributed by atoms with Crippen molar-refractivity contribution in [2.75, 3.05) is 6.61 Å². The number of ketones is 1. The Hall–Kier alpha value is -2.09. The zero-order valence-electron chi connectivity index (χ0n) is 12.1. The summed E-state index contributed by atoms with van der Waals surface area (Å²) in [6.45, 7) is 6.92. The molecule has 2 aromatic carbocycles. The van der Waals surface area contributed by atoms with E-state index in [-0.39, 0.29) is 11.2 Å². The molecule has 2 nitrogen and oxygen atoms in total. The van der Waals surface area contributed by atoms with Crippen molar-refractivity contribution in [3.8, 4) is 5.75 Å². The number of fused-ring (bicyclic) bond motifs is 1. The molecule has 0 aliphatic carbocycles. The average Bonchev–Trinajstić information content (AvgIpc) is 2.74. The average molecular weight is 266 g/mol. The Labute approximate surface area is 119 Å². The van der Waals surface area contributed by atoms with Gasteiger partial charge in [0.15, 0.2) is 5.78 Å². The van der Waals surface area contributed by atoms with E-state index in [4.69, 9.17) is 4.74 Å². The lowest BCUT2D eigenvalue weighted by atomic mass is 9.85. The fraction of sp³-hybridized carbons (Fsp3) is 0.278. The minimum Gasteiger partial charge on any atom is -0.492 e. The van der Waals surface area contributed by atoms with Crippen molar-refractivity contribution in [3.05, 3.63) is 64.7 Å². The number of carbonyl (C=O) groups is 1. The maximum atomic E-state index is 12.6. The third kappa shape index (κ3) is 2.01. The summed E-state index contributed by atoms with van der Waals surface area (Å²) in [6, 6.07) is 13.5. The molecule has 0 N–H and O–H groups in total. The van der Waals surface area contributed by atoms with Crippen molar-refractivity contribution >= 4 is 5.78 Å². The van der Waals surface area contributed by atoms with E-state index in [9.17, 15) is 4.79 Å². The maximum absolute atomic E-state index is 12.6. The Kier molecular flexibility index (Phi) is 2.89. The highest BCUT2D eigenvalue weighted by Gasteiger charge is 2.32. The Bertz CT molecular complexity index is 684. The summed E-state index contributed by atoms with van der Waals surface area (Å²) >= 11 is 0. The molecule has 0 aromatic heterocycles. The van der Waals surface area contributed by atoms with Crippen LogP contribution in [0.2, 0.25) is 0 Å². The molecule has 2 aromatic rings. The molecule has 3 rings (SSSR count). The summed E-state index contributed by atoms with van der Waals surface area (Å²) in [6.07, 6.45) is 0. The summed E-state index contributed by atoms with van der Waals surface area (Å²) in [5.74, 6) is 0.977. The number of hydrogen-bond acceptors (Lipinski definition) is 2. The number of ether oxygens (including phenoxy) is 1. The van der Waals surface area contributed by atoms with Gasteiger partial charge in [-0.25, -0.2) is 0 Å². The Morgan fingerprint density at radius 3 is 2.65 bits per heavy atom. The van der Waals surface area contributed by atoms with Gasteiger partial charge < -0.3 is 4.74 Å². The van der Waals surface area contributed by atoms with Crippen molar-refractivity contribution in [2.24, 2.45) is 0 Å². The van der Waals surface area contributed by atoms with Crippen LogP contribution in [0.15, 0.2) is 42.5 Å². The van der Waals surface area contributed by atoms with Crippen molar-refractivity contribution < 1.29 is 9.53 Å². The predicted octanol–water partition coefficient (Wildman–Crippen LogP) is 3.90. The predicted molar refractivity (Wildman–Crippen MR) is 79.6 cm³/mol. The van der Waals surface area contributed by atoms with Crippen LogP contribution in [0.25, 0.3) is 0 Å². The lowest BCUT2D eigenvalue weighted by Crippen LogP contribution is -2.18. The molecule has 0 radical (unpaired) electrons. The van der Waals surface area contributed by atoms with Gasteiger partial charge in [0, 0.05) is 22.1 Å². The van der Waals surface area contributed by atoms with Gasteiger partial charge in [-0.2, -0.15) is 0 Å². The Morgan fingerprint density at radius 2 is 1.90 bits per heavy atom. The van der Waals surface area contributed by atoms with Crippen LogP contribution in [0.5, 0.6) is 5.75 Å². The molecule has 1 heterocycles. The van der Waals surface area contributed by atoms with E-state index in [0.29, 0.717) is 6.61 Å². The number of benzene rings is 2. The van der Waals surface area contributed by atoms with E-state index in [2.05, 4.69) is 13.8 Å². The first-order valence-electron chi connectivity index (χ1n) is 6.87. The zero-order chi connectivity index (χ0) is 14.3. The number of carbonyl (C=O) groups excluding carboxylic acids is 1. The van der Waals surface area contributed by atoms with Crippen molar-refractivity contribution in [1.82, 2.24) is 0 Å². The lowest BCUT2D eigenvalue weighted by Gasteiger charge is -2.15. The van der Waals surface area contributed by atoms with Gasteiger partial charge in [0.05, 0.1) is 6.61 Å². The smallest absolute Gasteiger partial charge is 0.193 e. The quantitative estimate of drug-likeness (QED) is 0.771. The lowest BCUT2D eigenvalue weighted by molar-refractivity contribution is 0.103. The van der Waals surface area contributed by atoms with E-state index in [1.165, 1.54) is 0 Å². The van der Waals surface area contributed by atoms with Gasteiger partial charge in [0.2, 0.25) is 0 Å².